The van der Waals surface area contributed by atoms with Gasteiger partial charge in [-0.1, -0.05) is 23.7 Å². The molecule has 0 unspecified atom stereocenters. The van der Waals surface area contributed by atoms with Crippen molar-refractivity contribution in [1.82, 2.24) is 14.8 Å². The summed E-state index contributed by atoms with van der Waals surface area (Å²) in [6, 6.07) is 11.0. The Balaban J connectivity index is 2.00. The molecule has 0 bridgehead atoms. The van der Waals surface area contributed by atoms with Crippen LogP contribution in [0, 0.1) is 6.92 Å². The van der Waals surface area contributed by atoms with Crippen molar-refractivity contribution in [3.63, 3.8) is 0 Å². The first-order chi connectivity index (χ1) is 11.9. The van der Waals surface area contributed by atoms with Crippen molar-refractivity contribution in [2.45, 2.75) is 6.92 Å². The van der Waals surface area contributed by atoms with E-state index >= 15 is 0 Å². The molecule has 1 aromatic carbocycles. The number of anilines is 1. The monoisotopic (exact) mass is 356 g/mol. The van der Waals surface area contributed by atoms with E-state index in [1.165, 1.54) is 12.3 Å². The Morgan fingerprint density at radius 1 is 1.24 bits per heavy atom. The first kappa shape index (κ1) is 16.7. The maximum atomic E-state index is 12.4. The fraction of sp³-hybridized carbons (Fsp3) is 0.0588. The number of benzene rings is 1. The van der Waals surface area contributed by atoms with Crippen LogP contribution in [0.5, 0.6) is 5.75 Å². The van der Waals surface area contributed by atoms with E-state index in [1.807, 2.05) is 13.0 Å². The Kier molecular flexibility index (Phi) is 4.49. The van der Waals surface area contributed by atoms with Crippen molar-refractivity contribution in [3.8, 4) is 11.4 Å². The molecule has 0 aliphatic heterocycles. The molecule has 0 aliphatic rings. The van der Waals surface area contributed by atoms with Crippen molar-refractivity contribution in [3.05, 3.63) is 75.3 Å². The van der Waals surface area contributed by atoms with Gasteiger partial charge in [0.2, 0.25) is 0 Å². The molecule has 0 radical (unpaired) electrons. The number of hydrogen-bond acceptors (Lipinski definition) is 5. The van der Waals surface area contributed by atoms with Crippen LogP contribution in [0.15, 0.2) is 53.5 Å². The zero-order chi connectivity index (χ0) is 18.0. The van der Waals surface area contributed by atoms with Crippen LogP contribution < -0.4 is 10.9 Å². The molecule has 0 saturated carbocycles. The minimum Gasteiger partial charge on any atom is -0.505 e. The number of hydrogen-bond donors (Lipinski definition) is 2. The molecular formula is C17H13ClN4O3. The van der Waals surface area contributed by atoms with Gasteiger partial charge in [0.05, 0.1) is 5.69 Å². The molecule has 1 amide bonds. The first-order valence-electron chi connectivity index (χ1n) is 7.27. The number of nitrogens with one attached hydrogen (secondary N) is 1. The fourth-order valence-electron chi connectivity index (χ4n) is 2.20. The average molecular weight is 357 g/mol. The van der Waals surface area contributed by atoms with Gasteiger partial charge in [-0.15, -0.1) is 0 Å². The topological polar surface area (TPSA) is 97.1 Å². The molecule has 0 saturated heterocycles. The molecule has 2 aromatic heterocycles. The highest BCUT2D eigenvalue weighted by Crippen LogP contribution is 2.17. The Labute approximate surface area is 147 Å². The average Bonchev–Trinajstić information content (AvgIpc) is 2.54. The maximum absolute atomic E-state index is 12.4. The number of carbonyl (C=O) groups is 1. The third-order valence-corrected chi connectivity index (χ3v) is 3.57. The van der Waals surface area contributed by atoms with E-state index in [4.69, 9.17) is 11.6 Å². The quantitative estimate of drug-likeness (QED) is 0.751. The van der Waals surface area contributed by atoms with E-state index in [0.29, 0.717) is 10.7 Å². The zero-order valence-corrected chi connectivity index (χ0v) is 13.9. The largest absolute Gasteiger partial charge is 0.505 e. The Morgan fingerprint density at radius 2 is 2.04 bits per heavy atom. The second-order valence-electron chi connectivity index (χ2n) is 5.28. The summed E-state index contributed by atoms with van der Waals surface area (Å²) >= 11 is 5.84. The van der Waals surface area contributed by atoms with Crippen molar-refractivity contribution in [2.75, 3.05) is 5.32 Å². The van der Waals surface area contributed by atoms with Crippen LogP contribution in [0.1, 0.15) is 16.1 Å². The summed E-state index contributed by atoms with van der Waals surface area (Å²) in [5.74, 6) is -1.03. The number of aromatic nitrogens is 3. The number of amides is 1. The normalized spacial score (nSPS) is 10.5. The number of carbonyl (C=O) groups excluding carboxylic acids is 1. The molecular weight excluding hydrogens is 344 g/mol. The Morgan fingerprint density at radius 3 is 2.76 bits per heavy atom. The maximum Gasteiger partial charge on any atom is 0.281 e. The van der Waals surface area contributed by atoms with E-state index in [2.05, 4.69) is 15.4 Å². The summed E-state index contributed by atoms with van der Waals surface area (Å²) < 4.78 is 1.05. The molecule has 0 fully saturated rings. The van der Waals surface area contributed by atoms with E-state index in [-0.39, 0.29) is 11.5 Å². The van der Waals surface area contributed by atoms with Crippen LogP contribution in [0.3, 0.4) is 0 Å². The summed E-state index contributed by atoms with van der Waals surface area (Å²) in [4.78, 5) is 28.4. The van der Waals surface area contributed by atoms with Gasteiger partial charge in [-0.2, -0.15) is 9.78 Å². The molecule has 0 spiro atoms. The molecule has 3 aromatic rings. The molecule has 126 valence electrons. The molecule has 0 aliphatic carbocycles. The zero-order valence-electron chi connectivity index (χ0n) is 13.1. The van der Waals surface area contributed by atoms with Gasteiger partial charge in [-0.25, -0.2) is 4.98 Å². The fourth-order valence-corrected chi connectivity index (χ4v) is 2.36. The minimum atomic E-state index is -0.714. The SMILES string of the molecule is Cc1cccc(-n2nc(C(=O)Nc3cc(Cl)ccn3)c(O)cc2=O)c1. The third kappa shape index (κ3) is 3.67. The van der Waals surface area contributed by atoms with E-state index in [0.717, 1.165) is 16.3 Å². The molecule has 25 heavy (non-hydrogen) atoms. The van der Waals surface area contributed by atoms with Gasteiger partial charge in [0.1, 0.15) is 5.82 Å². The molecule has 2 N–H and O–H groups in total. The van der Waals surface area contributed by atoms with E-state index in [9.17, 15) is 14.7 Å². The van der Waals surface area contributed by atoms with Gasteiger partial charge in [0.25, 0.3) is 11.5 Å². The highest BCUT2D eigenvalue weighted by molar-refractivity contribution is 6.30. The van der Waals surface area contributed by atoms with Gasteiger partial charge in [-0.05, 0) is 36.8 Å². The van der Waals surface area contributed by atoms with Gasteiger partial charge in [0, 0.05) is 17.3 Å². The van der Waals surface area contributed by atoms with Crippen LogP contribution in [0.2, 0.25) is 5.02 Å². The van der Waals surface area contributed by atoms with Gasteiger partial charge in [0.15, 0.2) is 11.4 Å². The smallest absolute Gasteiger partial charge is 0.281 e. The summed E-state index contributed by atoms with van der Waals surface area (Å²) in [6.07, 6.45) is 1.43. The van der Waals surface area contributed by atoms with Crippen LogP contribution in [0.25, 0.3) is 5.69 Å². The predicted molar refractivity (Wildman–Crippen MR) is 93.4 cm³/mol. The van der Waals surface area contributed by atoms with Crippen LogP contribution in [-0.4, -0.2) is 25.8 Å². The number of aromatic hydroxyl groups is 1. The summed E-state index contributed by atoms with van der Waals surface area (Å²) in [7, 11) is 0. The van der Waals surface area contributed by atoms with E-state index in [1.54, 1.807) is 24.3 Å². The standard InChI is InChI=1S/C17H13ClN4O3/c1-10-3-2-4-12(7-10)22-15(24)9-13(23)16(21-22)17(25)20-14-8-11(18)5-6-19-14/h2-9,23H,1H3,(H,19,20,25). The lowest BCUT2D eigenvalue weighted by Crippen LogP contribution is -2.25. The van der Waals surface area contributed by atoms with Crippen molar-refractivity contribution in [2.24, 2.45) is 0 Å². The lowest BCUT2D eigenvalue weighted by Gasteiger charge is -2.09. The number of halogens is 1. The Hall–Kier alpha value is -3.19. The van der Waals surface area contributed by atoms with Gasteiger partial charge >= 0.3 is 0 Å². The molecule has 8 heteroatoms. The summed E-state index contributed by atoms with van der Waals surface area (Å²) in [6.45, 7) is 1.87. The molecule has 2 heterocycles. The number of aryl methyl sites for hydroxylation is 1. The van der Waals surface area contributed by atoms with Crippen LogP contribution in [-0.2, 0) is 0 Å². The highest BCUT2D eigenvalue weighted by Gasteiger charge is 2.17. The molecule has 7 nitrogen and oxygen atoms in total. The van der Waals surface area contributed by atoms with Crippen LogP contribution in [0.4, 0.5) is 5.82 Å². The van der Waals surface area contributed by atoms with Crippen molar-refractivity contribution < 1.29 is 9.90 Å². The molecule has 0 atom stereocenters. The Bertz CT molecular complexity index is 1020. The van der Waals surface area contributed by atoms with Gasteiger partial charge < -0.3 is 10.4 Å². The minimum absolute atomic E-state index is 0.201. The number of rotatable bonds is 3. The first-order valence-corrected chi connectivity index (χ1v) is 7.65. The summed E-state index contributed by atoms with van der Waals surface area (Å²) in [5.41, 5.74) is 0.553. The predicted octanol–water partition coefficient (Wildman–Crippen LogP) is 2.55. The number of nitrogens with zero attached hydrogens (tertiary/aromatic N) is 3. The van der Waals surface area contributed by atoms with Crippen molar-refractivity contribution >= 4 is 23.3 Å². The van der Waals surface area contributed by atoms with Gasteiger partial charge in [-0.3, -0.25) is 9.59 Å². The van der Waals surface area contributed by atoms with Crippen molar-refractivity contribution in [1.29, 1.82) is 0 Å². The second-order valence-corrected chi connectivity index (χ2v) is 5.72. The van der Waals surface area contributed by atoms with Crippen LogP contribution >= 0.6 is 11.6 Å². The lowest BCUT2D eigenvalue weighted by molar-refractivity contribution is 0.101. The number of pyridine rings is 1. The second kappa shape index (κ2) is 6.74. The highest BCUT2D eigenvalue weighted by atomic mass is 35.5. The lowest BCUT2D eigenvalue weighted by atomic mass is 10.2. The summed E-state index contributed by atoms with van der Waals surface area (Å²) in [5, 5.41) is 16.8. The third-order valence-electron chi connectivity index (χ3n) is 3.34. The van der Waals surface area contributed by atoms with E-state index < -0.39 is 17.2 Å². The molecule has 3 rings (SSSR count).